The first-order valence-corrected chi connectivity index (χ1v) is 9.22. The van der Waals surface area contributed by atoms with Gasteiger partial charge in [0.1, 0.15) is 12.7 Å². The number of thiazole rings is 1. The smallest absolute Gasteiger partial charge is 0.338 e. The molecule has 0 radical (unpaired) electrons. The van der Waals surface area contributed by atoms with Crippen molar-refractivity contribution in [3.63, 3.8) is 0 Å². The van der Waals surface area contributed by atoms with Gasteiger partial charge in [-0.15, -0.1) is 11.3 Å². The topological polar surface area (TPSA) is 86.8 Å². The molecule has 138 valence electrons. The van der Waals surface area contributed by atoms with Gasteiger partial charge in [0, 0.05) is 0 Å². The van der Waals surface area contributed by atoms with Crippen LogP contribution in [0.4, 0.5) is 0 Å². The summed E-state index contributed by atoms with van der Waals surface area (Å²) >= 11 is 1.44. The summed E-state index contributed by atoms with van der Waals surface area (Å²) in [6.45, 7) is 0.243. The van der Waals surface area contributed by atoms with E-state index >= 15 is 0 Å². The molecular weight excluding hydrogens is 368 g/mol. The number of amides is 1. The Hall–Kier alpha value is -3.13. The van der Waals surface area contributed by atoms with Crippen molar-refractivity contribution in [3.05, 3.63) is 53.5 Å². The Morgan fingerprint density at radius 2 is 2.07 bits per heavy atom. The number of ether oxygens (including phenoxy) is 3. The number of nitrogens with zero attached hydrogens (tertiary/aromatic N) is 1. The van der Waals surface area contributed by atoms with E-state index < -0.39 is 11.9 Å². The fraction of sp³-hybridized carbons (Fsp3) is 0.211. The molecule has 1 amide bonds. The van der Waals surface area contributed by atoms with Gasteiger partial charge in [0.25, 0.3) is 5.91 Å². The second-order valence-electron chi connectivity index (χ2n) is 5.91. The number of benzene rings is 2. The van der Waals surface area contributed by atoms with Crippen molar-refractivity contribution >= 4 is 33.4 Å². The number of esters is 1. The number of hydrogen-bond donors (Lipinski definition) is 1. The maximum Gasteiger partial charge on any atom is 0.338 e. The zero-order valence-electron chi connectivity index (χ0n) is 14.2. The highest BCUT2D eigenvalue weighted by atomic mass is 32.1. The number of para-hydroxylation sites is 2. The minimum atomic E-state index is -0.549. The first kappa shape index (κ1) is 17.3. The molecule has 27 heavy (non-hydrogen) atoms. The lowest BCUT2D eigenvalue weighted by Crippen LogP contribution is -2.42. The van der Waals surface area contributed by atoms with Gasteiger partial charge in [-0.1, -0.05) is 12.1 Å². The highest BCUT2D eigenvalue weighted by Crippen LogP contribution is 2.30. The minimum absolute atomic E-state index is 0.261. The molecule has 0 fully saturated rings. The Kier molecular flexibility index (Phi) is 4.88. The molecule has 0 bridgehead atoms. The highest BCUT2D eigenvalue weighted by Gasteiger charge is 2.21. The molecule has 1 aromatic heterocycles. The highest BCUT2D eigenvalue weighted by molar-refractivity contribution is 7.16. The number of nitrogens with one attached hydrogen (secondary N) is 1. The van der Waals surface area contributed by atoms with Crippen LogP contribution in [-0.2, 0) is 9.53 Å². The maximum atomic E-state index is 12.1. The Morgan fingerprint density at radius 3 is 2.96 bits per heavy atom. The van der Waals surface area contributed by atoms with Crippen molar-refractivity contribution in [2.45, 2.75) is 6.10 Å². The molecule has 7 nitrogen and oxygen atoms in total. The molecule has 1 N–H and O–H groups in total. The monoisotopic (exact) mass is 384 g/mol. The van der Waals surface area contributed by atoms with E-state index in [1.807, 2.05) is 24.3 Å². The second kappa shape index (κ2) is 7.63. The van der Waals surface area contributed by atoms with Crippen LogP contribution in [0.2, 0.25) is 0 Å². The quantitative estimate of drug-likeness (QED) is 0.680. The van der Waals surface area contributed by atoms with Gasteiger partial charge in [0.2, 0.25) is 0 Å². The molecule has 4 rings (SSSR count). The third kappa shape index (κ3) is 4.01. The van der Waals surface area contributed by atoms with Gasteiger partial charge >= 0.3 is 5.97 Å². The van der Waals surface area contributed by atoms with Crippen LogP contribution in [-0.4, -0.2) is 42.7 Å². The van der Waals surface area contributed by atoms with E-state index in [0.29, 0.717) is 23.7 Å². The molecule has 2 aromatic carbocycles. The van der Waals surface area contributed by atoms with Crippen molar-refractivity contribution in [1.82, 2.24) is 10.3 Å². The predicted octanol–water partition coefficient (Wildman–Crippen LogP) is 2.41. The Balaban J connectivity index is 1.24. The molecule has 1 aliphatic heterocycles. The Morgan fingerprint density at radius 1 is 1.22 bits per heavy atom. The van der Waals surface area contributed by atoms with Crippen LogP contribution in [0.15, 0.2) is 48.0 Å². The van der Waals surface area contributed by atoms with Crippen LogP contribution >= 0.6 is 11.3 Å². The van der Waals surface area contributed by atoms with Crippen molar-refractivity contribution in [1.29, 1.82) is 0 Å². The molecule has 0 saturated heterocycles. The molecule has 3 aromatic rings. The number of hydrogen-bond acceptors (Lipinski definition) is 7. The van der Waals surface area contributed by atoms with Gasteiger partial charge in [-0.2, -0.15) is 0 Å². The van der Waals surface area contributed by atoms with Crippen LogP contribution < -0.4 is 14.8 Å². The number of fused-ring (bicyclic) bond motifs is 2. The summed E-state index contributed by atoms with van der Waals surface area (Å²) in [5, 5.41) is 2.69. The molecule has 2 heterocycles. The minimum Gasteiger partial charge on any atom is -0.486 e. The third-order valence-electron chi connectivity index (χ3n) is 4.00. The molecule has 0 unspecified atom stereocenters. The van der Waals surface area contributed by atoms with Gasteiger partial charge in [0.05, 0.1) is 27.8 Å². The fourth-order valence-corrected chi connectivity index (χ4v) is 3.36. The van der Waals surface area contributed by atoms with Crippen LogP contribution in [0, 0.1) is 0 Å². The average Bonchev–Trinajstić information content (AvgIpc) is 3.18. The van der Waals surface area contributed by atoms with Gasteiger partial charge in [-0.3, -0.25) is 4.79 Å². The van der Waals surface area contributed by atoms with E-state index in [2.05, 4.69) is 10.3 Å². The van der Waals surface area contributed by atoms with Crippen LogP contribution in [0.25, 0.3) is 10.2 Å². The normalized spacial score (nSPS) is 15.3. The summed E-state index contributed by atoms with van der Waals surface area (Å²) < 4.78 is 17.3. The molecule has 0 spiro atoms. The lowest BCUT2D eigenvalue weighted by Gasteiger charge is -2.26. The van der Waals surface area contributed by atoms with Gasteiger partial charge in [-0.25, -0.2) is 9.78 Å². The van der Waals surface area contributed by atoms with Crippen LogP contribution in [0.1, 0.15) is 10.4 Å². The van der Waals surface area contributed by atoms with E-state index in [0.717, 1.165) is 10.2 Å². The summed E-state index contributed by atoms with van der Waals surface area (Å²) in [7, 11) is 0. The van der Waals surface area contributed by atoms with E-state index in [-0.39, 0.29) is 19.3 Å². The van der Waals surface area contributed by atoms with E-state index in [4.69, 9.17) is 14.2 Å². The van der Waals surface area contributed by atoms with Gasteiger partial charge in [0.15, 0.2) is 18.1 Å². The molecule has 1 aliphatic rings. The van der Waals surface area contributed by atoms with Crippen molar-refractivity contribution in [3.8, 4) is 11.5 Å². The van der Waals surface area contributed by atoms with Crippen LogP contribution in [0.5, 0.6) is 11.5 Å². The summed E-state index contributed by atoms with van der Waals surface area (Å²) in [5.41, 5.74) is 2.92. The Bertz CT molecular complexity index is 987. The predicted molar refractivity (Wildman–Crippen MR) is 99.3 cm³/mol. The molecular formula is C19H16N2O5S. The number of carbonyl (C=O) groups excluding carboxylic acids is 2. The Labute approximate surface area is 158 Å². The van der Waals surface area contributed by atoms with Crippen LogP contribution in [0.3, 0.4) is 0 Å². The van der Waals surface area contributed by atoms with E-state index in [1.54, 1.807) is 23.7 Å². The maximum absolute atomic E-state index is 12.1. The van der Waals surface area contributed by atoms with Crippen molar-refractivity contribution in [2.75, 3.05) is 19.8 Å². The van der Waals surface area contributed by atoms with E-state index in [1.165, 1.54) is 11.3 Å². The fourth-order valence-electron chi connectivity index (χ4n) is 2.64. The summed E-state index contributed by atoms with van der Waals surface area (Å²) in [6, 6.07) is 12.4. The lowest BCUT2D eigenvalue weighted by molar-refractivity contribution is -0.124. The number of carbonyl (C=O) groups is 2. The zero-order chi connectivity index (χ0) is 18.6. The van der Waals surface area contributed by atoms with Gasteiger partial charge in [-0.05, 0) is 30.3 Å². The molecule has 8 heteroatoms. The van der Waals surface area contributed by atoms with E-state index in [9.17, 15) is 9.59 Å². The summed E-state index contributed by atoms with van der Waals surface area (Å²) in [5.74, 6) is 0.385. The summed E-state index contributed by atoms with van der Waals surface area (Å²) in [4.78, 5) is 28.2. The average molecular weight is 384 g/mol. The standard InChI is InChI=1S/C19H16N2O5S/c22-18(20-8-13-9-24-15-3-1-2-4-16(15)26-13)10-25-19(23)12-5-6-14-17(7-12)27-11-21-14/h1-7,11,13H,8-10H2,(H,20,22)/t13-/m0/s1. The third-order valence-corrected chi connectivity index (χ3v) is 4.79. The largest absolute Gasteiger partial charge is 0.486 e. The van der Waals surface area contributed by atoms with Crippen molar-refractivity contribution in [2.24, 2.45) is 0 Å². The summed E-state index contributed by atoms with van der Waals surface area (Å²) in [6.07, 6.45) is -0.298. The molecule has 0 saturated carbocycles. The second-order valence-corrected chi connectivity index (χ2v) is 6.80. The van der Waals surface area contributed by atoms with Gasteiger partial charge < -0.3 is 19.5 Å². The lowest BCUT2D eigenvalue weighted by atomic mass is 10.2. The first-order chi connectivity index (χ1) is 13.2. The SMILES string of the molecule is O=C(COC(=O)c1ccc2ncsc2c1)NC[C@H]1COc2ccccc2O1. The molecule has 1 atom stereocenters. The number of rotatable bonds is 5. The van der Waals surface area contributed by atoms with Crippen molar-refractivity contribution < 1.29 is 23.8 Å². The molecule has 0 aliphatic carbocycles. The first-order valence-electron chi connectivity index (χ1n) is 8.34. The number of aromatic nitrogens is 1. The zero-order valence-corrected chi connectivity index (χ0v) is 15.0.